The zero-order valence-electron chi connectivity index (χ0n) is 8.82. The minimum absolute atomic E-state index is 0.563. The van der Waals surface area contributed by atoms with Crippen LogP contribution in [-0.2, 0) is 11.3 Å². The van der Waals surface area contributed by atoms with Crippen molar-refractivity contribution in [2.24, 2.45) is 11.7 Å². The van der Waals surface area contributed by atoms with Gasteiger partial charge in [-0.1, -0.05) is 12.1 Å². The molecule has 1 saturated heterocycles. The maximum absolute atomic E-state index is 5.64. The fourth-order valence-corrected chi connectivity index (χ4v) is 1.56. The van der Waals surface area contributed by atoms with Crippen LogP contribution in [0.5, 0.6) is 5.75 Å². The SMILES string of the molecule is NCc1cccc(OCCC2COC2)c1. The molecule has 0 radical (unpaired) electrons. The van der Waals surface area contributed by atoms with Crippen LogP contribution in [-0.4, -0.2) is 19.8 Å². The molecule has 1 aliphatic heterocycles. The molecule has 0 aliphatic carbocycles. The van der Waals surface area contributed by atoms with Crippen LogP contribution >= 0.6 is 0 Å². The highest BCUT2D eigenvalue weighted by Crippen LogP contribution is 2.17. The van der Waals surface area contributed by atoms with Crippen molar-refractivity contribution in [3.63, 3.8) is 0 Å². The van der Waals surface area contributed by atoms with Crippen molar-refractivity contribution in [2.75, 3.05) is 19.8 Å². The minimum Gasteiger partial charge on any atom is -0.494 e. The first-order valence-electron chi connectivity index (χ1n) is 5.38. The summed E-state index contributed by atoms with van der Waals surface area (Å²) in [6, 6.07) is 7.95. The van der Waals surface area contributed by atoms with Gasteiger partial charge in [0.25, 0.3) is 0 Å². The smallest absolute Gasteiger partial charge is 0.119 e. The Bertz CT molecular complexity index is 310. The third-order valence-electron chi connectivity index (χ3n) is 2.64. The van der Waals surface area contributed by atoms with E-state index in [-0.39, 0.29) is 0 Å². The summed E-state index contributed by atoms with van der Waals surface area (Å²) in [5.74, 6) is 1.61. The van der Waals surface area contributed by atoms with Crippen LogP contribution < -0.4 is 10.5 Å². The zero-order chi connectivity index (χ0) is 10.5. The van der Waals surface area contributed by atoms with Crippen LogP contribution in [0.1, 0.15) is 12.0 Å². The highest BCUT2D eigenvalue weighted by molar-refractivity contribution is 5.28. The summed E-state index contributed by atoms with van der Waals surface area (Å²) in [6.07, 6.45) is 1.08. The lowest BCUT2D eigenvalue weighted by atomic mass is 10.1. The molecule has 0 saturated carbocycles. The summed E-state index contributed by atoms with van der Waals surface area (Å²) in [7, 11) is 0. The van der Waals surface area contributed by atoms with Crippen LogP contribution in [0.15, 0.2) is 24.3 Å². The molecule has 1 aromatic carbocycles. The molecule has 15 heavy (non-hydrogen) atoms. The fourth-order valence-electron chi connectivity index (χ4n) is 1.56. The standard InChI is InChI=1S/C12H17NO2/c13-7-10-2-1-3-12(6-10)15-5-4-11-8-14-9-11/h1-3,6,11H,4-5,7-9,13H2. The van der Waals surface area contributed by atoms with Gasteiger partial charge in [-0.15, -0.1) is 0 Å². The van der Waals surface area contributed by atoms with Crippen molar-refractivity contribution < 1.29 is 9.47 Å². The van der Waals surface area contributed by atoms with E-state index in [4.69, 9.17) is 15.2 Å². The van der Waals surface area contributed by atoms with E-state index in [1.807, 2.05) is 24.3 Å². The molecule has 0 unspecified atom stereocenters. The molecule has 82 valence electrons. The molecule has 3 heteroatoms. The molecule has 1 aromatic rings. The summed E-state index contributed by atoms with van der Waals surface area (Å²) < 4.78 is 10.7. The number of hydrogen-bond acceptors (Lipinski definition) is 3. The Balaban J connectivity index is 1.76. The molecule has 0 bridgehead atoms. The van der Waals surface area contributed by atoms with E-state index in [1.54, 1.807) is 0 Å². The van der Waals surface area contributed by atoms with Crippen molar-refractivity contribution in [1.82, 2.24) is 0 Å². The molecule has 0 atom stereocenters. The maximum Gasteiger partial charge on any atom is 0.119 e. The quantitative estimate of drug-likeness (QED) is 0.797. The molecule has 1 heterocycles. The maximum atomic E-state index is 5.64. The zero-order valence-corrected chi connectivity index (χ0v) is 8.82. The monoisotopic (exact) mass is 207 g/mol. The van der Waals surface area contributed by atoms with E-state index in [0.29, 0.717) is 12.5 Å². The average molecular weight is 207 g/mol. The molecular formula is C12H17NO2. The Kier molecular flexibility index (Phi) is 3.59. The first kappa shape index (κ1) is 10.5. The van der Waals surface area contributed by atoms with Gasteiger partial charge in [0.15, 0.2) is 0 Å². The minimum atomic E-state index is 0.563. The molecule has 3 nitrogen and oxygen atoms in total. The van der Waals surface area contributed by atoms with E-state index in [0.717, 1.165) is 37.6 Å². The van der Waals surface area contributed by atoms with E-state index in [9.17, 15) is 0 Å². The first-order valence-corrected chi connectivity index (χ1v) is 5.38. The third kappa shape index (κ3) is 2.94. The van der Waals surface area contributed by atoms with Crippen LogP contribution in [0.4, 0.5) is 0 Å². The lowest BCUT2D eigenvalue weighted by molar-refractivity contribution is -0.0401. The van der Waals surface area contributed by atoms with Crippen LogP contribution in [0.25, 0.3) is 0 Å². The predicted octanol–water partition coefficient (Wildman–Crippen LogP) is 1.56. The van der Waals surface area contributed by atoms with Gasteiger partial charge in [-0.25, -0.2) is 0 Å². The molecule has 2 rings (SSSR count). The third-order valence-corrected chi connectivity index (χ3v) is 2.64. The second-order valence-corrected chi connectivity index (χ2v) is 3.89. The summed E-state index contributed by atoms with van der Waals surface area (Å²) in [5.41, 5.74) is 6.66. The number of benzene rings is 1. The number of nitrogens with two attached hydrogens (primary N) is 1. The second-order valence-electron chi connectivity index (χ2n) is 3.89. The molecular weight excluding hydrogens is 190 g/mol. The molecule has 0 spiro atoms. The molecule has 0 amide bonds. The Morgan fingerprint density at radius 1 is 1.40 bits per heavy atom. The highest BCUT2D eigenvalue weighted by Gasteiger charge is 2.17. The average Bonchev–Trinajstić information content (AvgIpc) is 2.22. The van der Waals surface area contributed by atoms with Gasteiger partial charge in [0, 0.05) is 12.5 Å². The van der Waals surface area contributed by atoms with Gasteiger partial charge in [0.2, 0.25) is 0 Å². The molecule has 1 aliphatic rings. The van der Waals surface area contributed by atoms with Crippen molar-refractivity contribution in [3.8, 4) is 5.75 Å². The predicted molar refractivity (Wildman–Crippen MR) is 58.8 cm³/mol. The largest absolute Gasteiger partial charge is 0.494 e. The van der Waals surface area contributed by atoms with E-state index in [2.05, 4.69) is 0 Å². The van der Waals surface area contributed by atoms with Crippen molar-refractivity contribution >= 4 is 0 Å². The Labute approximate surface area is 90.2 Å². The summed E-state index contributed by atoms with van der Waals surface area (Å²) >= 11 is 0. The van der Waals surface area contributed by atoms with Gasteiger partial charge in [-0.3, -0.25) is 0 Å². The fraction of sp³-hybridized carbons (Fsp3) is 0.500. The lowest BCUT2D eigenvalue weighted by Gasteiger charge is -2.25. The Morgan fingerprint density at radius 3 is 2.93 bits per heavy atom. The normalized spacial score (nSPS) is 16.1. The van der Waals surface area contributed by atoms with Gasteiger partial charge in [0.1, 0.15) is 5.75 Å². The van der Waals surface area contributed by atoms with E-state index < -0.39 is 0 Å². The van der Waals surface area contributed by atoms with Crippen LogP contribution in [0.2, 0.25) is 0 Å². The summed E-state index contributed by atoms with van der Waals surface area (Å²) in [6.45, 7) is 3.12. The van der Waals surface area contributed by atoms with Crippen molar-refractivity contribution in [3.05, 3.63) is 29.8 Å². The summed E-state index contributed by atoms with van der Waals surface area (Å²) in [5, 5.41) is 0. The topological polar surface area (TPSA) is 44.5 Å². The number of ether oxygens (including phenoxy) is 2. The van der Waals surface area contributed by atoms with Crippen molar-refractivity contribution in [2.45, 2.75) is 13.0 Å². The first-order chi connectivity index (χ1) is 7.38. The van der Waals surface area contributed by atoms with E-state index in [1.165, 1.54) is 0 Å². The van der Waals surface area contributed by atoms with Gasteiger partial charge >= 0.3 is 0 Å². The van der Waals surface area contributed by atoms with Crippen molar-refractivity contribution in [1.29, 1.82) is 0 Å². The summed E-state index contributed by atoms with van der Waals surface area (Å²) in [4.78, 5) is 0. The molecule has 2 N–H and O–H groups in total. The van der Waals surface area contributed by atoms with Crippen LogP contribution in [0, 0.1) is 5.92 Å². The lowest BCUT2D eigenvalue weighted by Crippen LogP contribution is -2.28. The Morgan fingerprint density at radius 2 is 2.27 bits per heavy atom. The molecule has 0 aromatic heterocycles. The number of rotatable bonds is 5. The van der Waals surface area contributed by atoms with Gasteiger partial charge in [-0.2, -0.15) is 0 Å². The van der Waals surface area contributed by atoms with Gasteiger partial charge < -0.3 is 15.2 Å². The van der Waals surface area contributed by atoms with Crippen LogP contribution in [0.3, 0.4) is 0 Å². The number of hydrogen-bond donors (Lipinski definition) is 1. The Hall–Kier alpha value is -1.06. The highest BCUT2D eigenvalue weighted by atomic mass is 16.5. The van der Waals surface area contributed by atoms with Gasteiger partial charge in [0.05, 0.1) is 19.8 Å². The van der Waals surface area contributed by atoms with Gasteiger partial charge in [-0.05, 0) is 24.1 Å². The van der Waals surface area contributed by atoms with E-state index >= 15 is 0 Å². The molecule has 1 fully saturated rings. The second kappa shape index (κ2) is 5.14.